The lowest BCUT2D eigenvalue weighted by atomic mass is 10.1. The standard InChI is InChI=1S/C14H13N5O.C13H18N6O4.C7H9N5/c1-9-16-12(11-13(17-9)19(2)8-15-11)18-14(20)10-6-4-3-5-7-10;1-6(20)4-8(12(21)22)17-13(23)18-10-9-11(16-7(2)15-10)19(3)5-14-9;1-4-10-6(8)5-7(11-4)12(2)3-9-5/h3-8H,1-2H3,(H,16,17,18,20);5-6,8,20H,4H2,1-3H3,(H,21,22)(H2,15,16,17,18,23);3H,1-2H3,(H2,8,10,11). The Bertz CT molecular complexity index is 2490. The second-order valence-electron chi connectivity index (χ2n) is 12.4. The number of imidazole rings is 3. The van der Waals surface area contributed by atoms with Gasteiger partial charge in [0.05, 0.1) is 25.1 Å². The van der Waals surface area contributed by atoms with Gasteiger partial charge < -0.3 is 40.3 Å². The van der Waals surface area contributed by atoms with Crippen molar-refractivity contribution in [2.45, 2.75) is 46.3 Å². The highest BCUT2D eigenvalue weighted by atomic mass is 16.4. The van der Waals surface area contributed by atoms with Crippen LogP contribution in [0.25, 0.3) is 33.5 Å². The molecule has 7 N–H and O–H groups in total. The van der Waals surface area contributed by atoms with E-state index in [-0.39, 0.29) is 18.1 Å². The lowest BCUT2D eigenvalue weighted by Gasteiger charge is -2.16. The van der Waals surface area contributed by atoms with Crippen LogP contribution >= 0.6 is 0 Å². The fourth-order valence-electron chi connectivity index (χ4n) is 5.18. The molecule has 0 radical (unpaired) electrons. The molecule has 0 saturated heterocycles. The highest BCUT2D eigenvalue weighted by Crippen LogP contribution is 2.20. The highest BCUT2D eigenvalue weighted by Gasteiger charge is 2.23. The number of nitrogens with zero attached hydrogens (tertiary/aromatic N) is 12. The number of anilines is 3. The van der Waals surface area contributed by atoms with Gasteiger partial charge in [-0.15, -0.1) is 0 Å². The smallest absolute Gasteiger partial charge is 0.326 e. The van der Waals surface area contributed by atoms with Gasteiger partial charge in [0.25, 0.3) is 5.91 Å². The van der Waals surface area contributed by atoms with Crippen molar-refractivity contribution in [3.63, 3.8) is 0 Å². The molecule has 0 aliphatic carbocycles. The molecule has 0 bridgehead atoms. The summed E-state index contributed by atoms with van der Waals surface area (Å²) in [6.45, 7) is 6.71. The molecule has 286 valence electrons. The number of hydrogen-bond acceptors (Lipinski definition) is 14. The molecule has 6 heterocycles. The number of nitrogens with two attached hydrogens (primary N) is 1. The number of carbonyl (C=O) groups excluding carboxylic acids is 2. The Morgan fingerprint density at radius 2 is 1.16 bits per heavy atom. The van der Waals surface area contributed by atoms with Crippen molar-refractivity contribution >= 4 is 68.9 Å². The Morgan fingerprint density at radius 3 is 1.65 bits per heavy atom. The van der Waals surface area contributed by atoms with Gasteiger partial charge >= 0.3 is 12.0 Å². The molecular formula is C34H40N16O5. The van der Waals surface area contributed by atoms with E-state index in [9.17, 15) is 19.5 Å². The number of aliphatic hydroxyl groups excluding tert-OH is 1. The van der Waals surface area contributed by atoms with Gasteiger partial charge in [0.15, 0.2) is 45.4 Å². The monoisotopic (exact) mass is 752 g/mol. The number of rotatable bonds is 7. The zero-order valence-electron chi connectivity index (χ0n) is 31.0. The molecule has 0 aliphatic heterocycles. The summed E-state index contributed by atoms with van der Waals surface area (Å²) < 4.78 is 5.29. The first-order valence-corrected chi connectivity index (χ1v) is 16.7. The molecule has 1 aromatic carbocycles. The Labute approximate surface area is 313 Å². The van der Waals surface area contributed by atoms with Gasteiger partial charge in [-0.25, -0.2) is 54.4 Å². The topological polar surface area (TPSA) is 285 Å². The third kappa shape index (κ3) is 9.45. The molecule has 0 saturated carbocycles. The number of benzene rings is 1. The Hall–Kier alpha value is -7.16. The molecule has 2 atom stereocenters. The molecule has 55 heavy (non-hydrogen) atoms. The molecule has 7 aromatic rings. The number of carbonyl (C=O) groups is 3. The number of aliphatic carboxylic acids is 1. The fourth-order valence-corrected chi connectivity index (χ4v) is 5.18. The highest BCUT2D eigenvalue weighted by molar-refractivity contribution is 6.06. The van der Waals surface area contributed by atoms with E-state index in [1.54, 1.807) is 54.8 Å². The molecule has 0 aliphatic rings. The number of aliphatic hydroxyl groups is 1. The summed E-state index contributed by atoms with van der Waals surface area (Å²) in [5.74, 6) is 1.31. The van der Waals surface area contributed by atoms with Crippen LogP contribution in [0, 0.1) is 20.8 Å². The molecule has 2 unspecified atom stereocenters. The van der Waals surface area contributed by atoms with Crippen molar-refractivity contribution in [2.24, 2.45) is 21.1 Å². The van der Waals surface area contributed by atoms with Crippen molar-refractivity contribution in [3.05, 3.63) is 72.4 Å². The number of carboxylic acids is 1. The lowest BCUT2D eigenvalue weighted by molar-refractivity contribution is -0.139. The molecule has 21 nitrogen and oxygen atoms in total. The van der Waals surface area contributed by atoms with E-state index >= 15 is 0 Å². The Morgan fingerprint density at radius 1 is 0.709 bits per heavy atom. The largest absolute Gasteiger partial charge is 0.480 e. The molecule has 6 aromatic heterocycles. The summed E-state index contributed by atoms with van der Waals surface area (Å²) in [6.07, 6.45) is 3.90. The molecule has 0 fully saturated rings. The van der Waals surface area contributed by atoms with Crippen LogP contribution in [0.3, 0.4) is 0 Å². The van der Waals surface area contributed by atoms with Crippen LogP contribution in [0.2, 0.25) is 0 Å². The van der Waals surface area contributed by atoms with E-state index in [1.165, 1.54) is 13.3 Å². The number of aromatic nitrogens is 12. The van der Waals surface area contributed by atoms with E-state index in [0.717, 1.165) is 5.65 Å². The number of aryl methyl sites for hydroxylation is 6. The summed E-state index contributed by atoms with van der Waals surface area (Å²) >= 11 is 0. The van der Waals surface area contributed by atoms with E-state index in [0.29, 0.717) is 62.5 Å². The van der Waals surface area contributed by atoms with E-state index in [4.69, 9.17) is 10.8 Å². The van der Waals surface area contributed by atoms with Crippen molar-refractivity contribution < 1.29 is 24.6 Å². The summed E-state index contributed by atoms with van der Waals surface area (Å²) in [4.78, 5) is 72.8. The average molecular weight is 753 g/mol. The maximum Gasteiger partial charge on any atom is 0.326 e. The predicted molar refractivity (Wildman–Crippen MR) is 202 cm³/mol. The van der Waals surface area contributed by atoms with Crippen molar-refractivity contribution in [2.75, 3.05) is 16.4 Å². The summed E-state index contributed by atoms with van der Waals surface area (Å²) in [7, 11) is 5.49. The van der Waals surface area contributed by atoms with Crippen LogP contribution in [-0.4, -0.2) is 98.8 Å². The van der Waals surface area contributed by atoms with Crippen LogP contribution in [0.1, 0.15) is 41.2 Å². The Kier molecular flexibility index (Phi) is 11.8. The number of fused-ring (bicyclic) bond motifs is 3. The molecule has 0 spiro atoms. The number of nitrogen functional groups attached to an aromatic ring is 1. The van der Waals surface area contributed by atoms with Gasteiger partial charge in [0.1, 0.15) is 29.0 Å². The Balaban J connectivity index is 0.000000165. The molecule has 3 amide bonds. The van der Waals surface area contributed by atoms with Gasteiger partial charge in [-0.05, 0) is 39.8 Å². The summed E-state index contributed by atoms with van der Waals surface area (Å²) in [5.41, 5.74) is 9.89. The molecular weight excluding hydrogens is 712 g/mol. The van der Waals surface area contributed by atoms with Crippen LogP contribution in [-0.2, 0) is 25.9 Å². The number of hydrogen-bond donors (Lipinski definition) is 6. The number of nitrogens with one attached hydrogen (secondary N) is 3. The minimum Gasteiger partial charge on any atom is -0.480 e. The van der Waals surface area contributed by atoms with Crippen molar-refractivity contribution in [1.29, 1.82) is 0 Å². The van der Waals surface area contributed by atoms with Gasteiger partial charge in [0, 0.05) is 33.1 Å². The summed E-state index contributed by atoms with van der Waals surface area (Å²) in [5, 5.41) is 25.9. The number of carboxylic acid groups (broad SMARTS) is 1. The van der Waals surface area contributed by atoms with Crippen LogP contribution in [0.4, 0.5) is 22.2 Å². The number of urea groups is 1. The lowest BCUT2D eigenvalue weighted by Crippen LogP contribution is -2.44. The maximum atomic E-state index is 12.2. The SMILES string of the molecule is Cc1nc(N)c2ncn(C)c2n1.Cc1nc(NC(=O)NC(CC(C)O)C(=O)O)c2ncn(C)c2n1.Cc1nc(NC(=O)c2ccccc2)c2ncn(C)c2n1. The van der Waals surface area contributed by atoms with Gasteiger partial charge in [-0.1, -0.05) is 18.2 Å². The molecule has 7 rings (SSSR count). The minimum absolute atomic E-state index is 0.107. The van der Waals surface area contributed by atoms with E-state index in [2.05, 4.69) is 60.8 Å². The minimum atomic E-state index is -1.23. The first-order valence-electron chi connectivity index (χ1n) is 16.7. The summed E-state index contributed by atoms with van der Waals surface area (Å²) in [6, 6.07) is 7.04. The quantitative estimate of drug-likeness (QED) is 0.136. The van der Waals surface area contributed by atoms with Crippen molar-refractivity contribution in [1.82, 2.24) is 63.9 Å². The van der Waals surface area contributed by atoms with Crippen LogP contribution in [0.15, 0.2) is 49.3 Å². The fraction of sp³-hybridized carbons (Fsp3) is 0.294. The third-order valence-corrected chi connectivity index (χ3v) is 7.72. The maximum absolute atomic E-state index is 12.2. The number of amides is 3. The van der Waals surface area contributed by atoms with Gasteiger partial charge in [-0.3, -0.25) is 10.1 Å². The second kappa shape index (κ2) is 16.7. The normalized spacial score (nSPS) is 11.9. The van der Waals surface area contributed by atoms with E-state index < -0.39 is 24.1 Å². The van der Waals surface area contributed by atoms with Gasteiger partial charge in [-0.2, -0.15) is 0 Å². The third-order valence-electron chi connectivity index (χ3n) is 7.72. The first kappa shape index (κ1) is 39.1. The zero-order valence-corrected chi connectivity index (χ0v) is 31.0. The predicted octanol–water partition coefficient (Wildman–Crippen LogP) is 2.20. The molecule has 21 heteroatoms. The first-order chi connectivity index (χ1) is 26.1. The van der Waals surface area contributed by atoms with Crippen LogP contribution in [0.5, 0.6) is 0 Å². The average Bonchev–Trinajstić information content (AvgIpc) is 3.81. The second-order valence-corrected chi connectivity index (χ2v) is 12.4. The van der Waals surface area contributed by atoms with Gasteiger partial charge in [0.2, 0.25) is 0 Å². The van der Waals surface area contributed by atoms with E-state index in [1.807, 2.05) is 43.8 Å². The van der Waals surface area contributed by atoms with Crippen LogP contribution < -0.4 is 21.7 Å². The van der Waals surface area contributed by atoms with Crippen molar-refractivity contribution in [3.8, 4) is 0 Å². The zero-order chi connectivity index (χ0) is 40.0.